The standard InChI is InChI=1S/C17H33N3O3.2ClH/c1-6-23-14-11-17(18,16(14,4)5)15(21)19-12(2)13(3)20-7-9-22-10-8-20;;/h12-14H,6-11,18H2,1-5H3,(H,19,21);2*1H. The number of nitrogens with one attached hydrogen (secondary N) is 1. The van der Waals surface area contributed by atoms with E-state index in [9.17, 15) is 4.79 Å². The molecule has 3 N–H and O–H groups in total. The lowest BCUT2D eigenvalue weighted by Crippen LogP contribution is -2.76. The molecule has 150 valence electrons. The lowest BCUT2D eigenvalue weighted by Gasteiger charge is -2.58. The number of carbonyl (C=O) groups excluding carboxylic acids is 1. The van der Waals surface area contributed by atoms with Gasteiger partial charge in [0.15, 0.2) is 0 Å². The molecule has 25 heavy (non-hydrogen) atoms. The van der Waals surface area contributed by atoms with Gasteiger partial charge in [0.2, 0.25) is 5.91 Å². The summed E-state index contributed by atoms with van der Waals surface area (Å²) in [6.07, 6.45) is 0.633. The largest absolute Gasteiger partial charge is 0.379 e. The van der Waals surface area contributed by atoms with Crippen molar-refractivity contribution in [1.29, 1.82) is 0 Å². The molecule has 0 aromatic carbocycles. The van der Waals surface area contributed by atoms with Crippen molar-refractivity contribution in [1.82, 2.24) is 10.2 Å². The predicted octanol–water partition coefficient (Wildman–Crippen LogP) is 1.59. The maximum atomic E-state index is 12.8. The number of ether oxygens (including phenoxy) is 2. The Morgan fingerprint density at radius 3 is 2.36 bits per heavy atom. The highest BCUT2D eigenvalue weighted by Crippen LogP contribution is 2.49. The van der Waals surface area contributed by atoms with Gasteiger partial charge in [-0.3, -0.25) is 9.69 Å². The number of nitrogens with zero attached hydrogens (tertiary/aromatic N) is 1. The Labute approximate surface area is 164 Å². The Balaban J connectivity index is 0.00000288. The molecule has 0 bridgehead atoms. The molecule has 2 aliphatic rings. The van der Waals surface area contributed by atoms with Gasteiger partial charge in [0.1, 0.15) is 5.54 Å². The van der Waals surface area contributed by atoms with Crippen LogP contribution >= 0.6 is 24.8 Å². The summed E-state index contributed by atoms with van der Waals surface area (Å²) in [4.78, 5) is 15.1. The molecule has 1 heterocycles. The number of amides is 1. The first-order valence-electron chi connectivity index (χ1n) is 8.77. The van der Waals surface area contributed by atoms with Crippen LogP contribution in [0.1, 0.15) is 41.0 Å². The van der Waals surface area contributed by atoms with Crippen molar-refractivity contribution in [3.63, 3.8) is 0 Å². The van der Waals surface area contributed by atoms with Crippen LogP contribution < -0.4 is 11.1 Å². The molecular formula is C17H35Cl2N3O3. The van der Waals surface area contributed by atoms with Gasteiger partial charge < -0.3 is 20.5 Å². The van der Waals surface area contributed by atoms with Gasteiger partial charge in [-0.1, -0.05) is 13.8 Å². The summed E-state index contributed by atoms with van der Waals surface area (Å²) in [7, 11) is 0. The molecule has 2 fully saturated rings. The monoisotopic (exact) mass is 399 g/mol. The van der Waals surface area contributed by atoms with Crippen molar-refractivity contribution < 1.29 is 14.3 Å². The Hall–Kier alpha value is -0.110. The number of hydrogen-bond acceptors (Lipinski definition) is 5. The summed E-state index contributed by atoms with van der Waals surface area (Å²) >= 11 is 0. The van der Waals surface area contributed by atoms with Crippen LogP contribution in [0.3, 0.4) is 0 Å². The highest BCUT2D eigenvalue weighted by Gasteiger charge is 2.63. The maximum Gasteiger partial charge on any atom is 0.241 e. The van der Waals surface area contributed by atoms with Crippen molar-refractivity contribution in [3.8, 4) is 0 Å². The van der Waals surface area contributed by atoms with Crippen molar-refractivity contribution in [2.45, 2.75) is 64.8 Å². The Kier molecular flexibility index (Phi) is 9.67. The molecule has 1 aliphatic heterocycles. The van der Waals surface area contributed by atoms with E-state index in [1.54, 1.807) is 0 Å². The fraction of sp³-hybridized carbons (Fsp3) is 0.941. The summed E-state index contributed by atoms with van der Waals surface area (Å²) in [6, 6.07) is 0.306. The molecule has 8 heteroatoms. The van der Waals surface area contributed by atoms with Crippen molar-refractivity contribution in [2.75, 3.05) is 32.9 Å². The van der Waals surface area contributed by atoms with Crippen LogP contribution in [0.25, 0.3) is 0 Å². The molecule has 0 radical (unpaired) electrons. The van der Waals surface area contributed by atoms with Crippen LogP contribution in [-0.4, -0.2) is 67.4 Å². The lowest BCUT2D eigenvalue weighted by atomic mass is 9.54. The number of nitrogens with two attached hydrogens (primary N) is 1. The summed E-state index contributed by atoms with van der Waals surface area (Å²) in [5.74, 6) is -0.0638. The van der Waals surface area contributed by atoms with E-state index in [2.05, 4.69) is 17.1 Å². The summed E-state index contributed by atoms with van der Waals surface area (Å²) in [5.41, 5.74) is 5.24. The predicted molar refractivity (Wildman–Crippen MR) is 105 cm³/mol. The third kappa shape index (κ3) is 4.79. The second-order valence-electron chi connectivity index (χ2n) is 7.49. The normalized spacial score (nSPS) is 30.9. The fourth-order valence-corrected chi connectivity index (χ4v) is 3.58. The van der Waals surface area contributed by atoms with E-state index in [4.69, 9.17) is 15.2 Å². The summed E-state index contributed by atoms with van der Waals surface area (Å²) in [5, 5.41) is 3.14. The minimum atomic E-state index is -0.855. The van der Waals surface area contributed by atoms with E-state index in [0.29, 0.717) is 13.0 Å². The average molecular weight is 400 g/mol. The Morgan fingerprint density at radius 1 is 1.32 bits per heavy atom. The zero-order valence-electron chi connectivity index (χ0n) is 16.0. The van der Waals surface area contributed by atoms with E-state index < -0.39 is 5.54 Å². The molecule has 0 aromatic heterocycles. The molecule has 0 spiro atoms. The maximum absolute atomic E-state index is 12.8. The fourth-order valence-electron chi connectivity index (χ4n) is 3.58. The number of halogens is 2. The van der Waals surface area contributed by atoms with Crippen LogP contribution in [0, 0.1) is 5.41 Å². The van der Waals surface area contributed by atoms with Crippen molar-refractivity contribution >= 4 is 30.7 Å². The zero-order valence-corrected chi connectivity index (χ0v) is 17.7. The van der Waals surface area contributed by atoms with E-state index in [1.807, 2.05) is 27.7 Å². The first-order valence-corrected chi connectivity index (χ1v) is 8.77. The second-order valence-corrected chi connectivity index (χ2v) is 7.49. The van der Waals surface area contributed by atoms with E-state index in [0.717, 1.165) is 26.3 Å². The van der Waals surface area contributed by atoms with Gasteiger partial charge >= 0.3 is 0 Å². The average Bonchev–Trinajstić information content (AvgIpc) is 2.54. The molecule has 4 atom stereocenters. The van der Waals surface area contributed by atoms with Gasteiger partial charge in [0, 0.05) is 43.6 Å². The van der Waals surface area contributed by atoms with E-state index in [1.165, 1.54) is 0 Å². The van der Waals surface area contributed by atoms with Gasteiger partial charge in [-0.15, -0.1) is 24.8 Å². The first kappa shape index (κ1) is 24.9. The third-order valence-electron chi connectivity index (χ3n) is 5.94. The quantitative estimate of drug-likeness (QED) is 0.708. The van der Waals surface area contributed by atoms with E-state index in [-0.39, 0.29) is 54.3 Å². The van der Waals surface area contributed by atoms with Crippen LogP contribution in [0.15, 0.2) is 0 Å². The third-order valence-corrected chi connectivity index (χ3v) is 5.94. The Morgan fingerprint density at radius 2 is 1.88 bits per heavy atom. The zero-order chi connectivity index (χ0) is 17.3. The number of hydrogen-bond donors (Lipinski definition) is 2. The minimum Gasteiger partial charge on any atom is -0.379 e. The van der Waals surface area contributed by atoms with Gasteiger partial charge in [-0.2, -0.15) is 0 Å². The summed E-state index contributed by atoms with van der Waals surface area (Å²) < 4.78 is 11.1. The minimum absolute atomic E-state index is 0. The van der Waals surface area contributed by atoms with Crippen LogP contribution in [0.5, 0.6) is 0 Å². The van der Waals surface area contributed by atoms with Crippen LogP contribution in [0.2, 0.25) is 0 Å². The SMILES string of the molecule is CCOC1CC(N)(C(=O)NC(C)C(C)N2CCOCC2)C1(C)C.Cl.Cl. The first-order chi connectivity index (χ1) is 10.7. The smallest absolute Gasteiger partial charge is 0.241 e. The molecular weight excluding hydrogens is 365 g/mol. The van der Waals surface area contributed by atoms with Gasteiger partial charge in [0.25, 0.3) is 0 Å². The van der Waals surface area contributed by atoms with Crippen molar-refractivity contribution in [3.05, 3.63) is 0 Å². The van der Waals surface area contributed by atoms with Crippen LogP contribution in [-0.2, 0) is 14.3 Å². The van der Waals surface area contributed by atoms with Crippen molar-refractivity contribution in [2.24, 2.45) is 11.1 Å². The van der Waals surface area contributed by atoms with Gasteiger partial charge in [-0.25, -0.2) is 0 Å². The highest BCUT2D eigenvalue weighted by atomic mass is 35.5. The highest BCUT2D eigenvalue weighted by molar-refractivity contribution is 5.89. The Bertz CT molecular complexity index is 433. The summed E-state index contributed by atoms with van der Waals surface area (Å²) in [6.45, 7) is 14.2. The molecule has 1 aliphatic carbocycles. The number of carbonyl (C=O) groups is 1. The molecule has 1 saturated heterocycles. The molecule has 0 aromatic rings. The topological polar surface area (TPSA) is 76.8 Å². The molecule has 1 amide bonds. The molecule has 2 rings (SSSR count). The second kappa shape index (κ2) is 9.72. The van der Waals surface area contributed by atoms with Crippen LogP contribution in [0.4, 0.5) is 0 Å². The van der Waals surface area contributed by atoms with Gasteiger partial charge in [-0.05, 0) is 20.8 Å². The molecule has 6 nitrogen and oxygen atoms in total. The number of morpholine rings is 1. The number of rotatable bonds is 6. The van der Waals surface area contributed by atoms with E-state index >= 15 is 0 Å². The van der Waals surface area contributed by atoms with Gasteiger partial charge in [0.05, 0.1) is 19.3 Å². The molecule has 4 unspecified atom stereocenters. The lowest BCUT2D eigenvalue weighted by molar-refractivity contribution is -0.171. The molecule has 1 saturated carbocycles.